The van der Waals surface area contributed by atoms with Gasteiger partial charge < -0.3 is 31.4 Å². The zero-order chi connectivity index (χ0) is 20.8. The van der Waals surface area contributed by atoms with E-state index in [4.69, 9.17) is 5.73 Å². The van der Waals surface area contributed by atoms with Gasteiger partial charge in [-0.2, -0.15) is 4.98 Å². The van der Waals surface area contributed by atoms with E-state index in [1.807, 2.05) is 24.1 Å². The number of nitrogens with zero attached hydrogens (tertiary/aromatic N) is 2. The molecule has 10 heteroatoms. The molecule has 0 bridgehead atoms. The Bertz CT molecular complexity index is 926. The second kappa shape index (κ2) is 9.09. The molecular formula is C19H25N7O3. The van der Waals surface area contributed by atoms with E-state index in [0.29, 0.717) is 49.5 Å². The Labute approximate surface area is 167 Å². The van der Waals surface area contributed by atoms with E-state index in [9.17, 15) is 14.4 Å². The van der Waals surface area contributed by atoms with E-state index >= 15 is 0 Å². The zero-order valence-corrected chi connectivity index (χ0v) is 16.2. The number of likely N-dealkylation sites (N-methyl/N-ethyl adjacent to an activating group) is 1. The van der Waals surface area contributed by atoms with Crippen LogP contribution >= 0.6 is 0 Å². The summed E-state index contributed by atoms with van der Waals surface area (Å²) in [4.78, 5) is 43.1. The van der Waals surface area contributed by atoms with Gasteiger partial charge in [-0.15, -0.1) is 0 Å². The second-order valence-corrected chi connectivity index (χ2v) is 6.82. The van der Waals surface area contributed by atoms with Crippen LogP contribution in [0.5, 0.6) is 0 Å². The molecule has 1 aromatic carbocycles. The minimum Gasteiger partial charge on any atom is -0.383 e. The number of carbonyl (C=O) groups is 2. The smallest absolute Gasteiger partial charge is 0.278 e. The molecule has 0 spiro atoms. The maximum atomic E-state index is 12.2. The first-order chi connectivity index (χ1) is 14.0. The first kappa shape index (κ1) is 20.2. The molecule has 3 rings (SSSR count). The molecule has 1 aromatic heterocycles. The van der Waals surface area contributed by atoms with Crippen molar-refractivity contribution >= 4 is 35.3 Å². The van der Waals surface area contributed by atoms with E-state index in [-0.39, 0.29) is 23.5 Å². The lowest BCUT2D eigenvalue weighted by Gasteiger charge is -2.35. The minimum absolute atomic E-state index is 0.0230. The number of fused-ring (bicyclic) bond motifs is 1. The van der Waals surface area contributed by atoms with Crippen LogP contribution in [0, 0.1) is 0 Å². The Morgan fingerprint density at radius 1 is 1.38 bits per heavy atom. The van der Waals surface area contributed by atoms with Gasteiger partial charge in [-0.05, 0) is 30.7 Å². The predicted molar refractivity (Wildman–Crippen MR) is 113 cm³/mol. The number of unbranched alkanes of at least 4 members (excludes halogenated alkanes) is 1. The molecule has 0 saturated heterocycles. The third kappa shape index (κ3) is 4.84. The summed E-state index contributed by atoms with van der Waals surface area (Å²) in [6.07, 6.45) is 1.91. The van der Waals surface area contributed by atoms with Gasteiger partial charge in [-0.1, -0.05) is 0 Å². The summed E-state index contributed by atoms with van der Waals surface area (Å²) in [6.45, 7) is 1.66. The van der Waals surface area contributed by atoms with Crippen molar-refractivity contribution in [1.82, 2.24) is 15.3 Å². The molecular weight excluding hydrogens is 374 g/mol. The average Bonchev–Trinajstić information content (AvgIpc) is 2.70. The van der Waals surface area contributed by atoms with Gasteiger partial charge >= 0.3 is 0 Å². The summed E-state index contributed by atoms with van der Waals surface area (Å²) in [5.41, 5.74) is 7.19. The van der Waals surface area contributed by atoms with Crippen LogP contribution in [0.1, 0.15) is 23.2 Å². The molecule has 0 radical (unpaired) electrons. The van der Waals surface area contributed by atoms with Gasteiger partial charge in [0.15, 0.2) is 5.82 Å². The number of nitrogens with one attached hydrogen (secondary N) is 4. The van der Waals surface area contributed by atoms with Gasteiger partial charge in [0.25, 0.3) is 11.5 Å². The molecule has 154 valence electrons. The van der Waals surface area contributed by atoms with Gasteiger partial charge in [0.2, 0.25) is 5.95 Å². The van der Waals surface area contributed by atoms with E-state index < -0.39 is 0 Å². The van der Waals surface area contributed by atoms with E-state index in [0.717, 1.165) is 12.0 Å². The Morgan fingerprint density at radius 3 is 2.86 bits per heavy atom. The number of H-pyrrole nitrogens is 1. The van der Waals surface area contributed by atoms with E-state index in [1.54, 1.807) is 12.1 Å². The number of aldehydes is 1. The molecule has 1 aliphatic heterocycles. The van der Waals surface area contributed by atoms with Crippen molar-refractivity contribution < 1.29 is 9.59 Å². The summed E-state index contributed by atoms with van der Waals surface area (Å²) in [7, 11) is 1.84. The molecule has 1 amide bonds. The quantitative estimate of drug-likeness (QED) is 0.317. The first-order valence-corrected chi connectivity index (χ1v) is 9.42. The first-order valence-electron chi connectivity index (χ1n) is 9.42. The molecule has 1 atom stereocenters. The molecule has 29 heavy (non-hydrogen) atoms. The van der Waals surface area contributed by atoms with Crippen LogP contribution in [0.15, 0.2) is 29.1 Å². The fraction of sp³-hybridized carbons (Fsp3) is 0.368. The average molecular weight is 399 g/mol. The van der Waals surface area contributed by atoms with Crippen molar-refractivity contribution in [1.29, 1.82) is 0 Å². The normalized spacial score (nSPS) is 15.2. The van der Waals surface area contributed by atoms with E-state index in [1.165, 1.54) is 0 Å². The lowest BCUT2D eigenvalue weighted by atomic mass is 10.1. The summed E-state index contributed by atoms with van der Waals surface area (Å²) in [5.74, 6) is 0.397. The highest BCUT2D eigenvalue weighted by molar-refractivity contribution is 5.94. The van der Waals surface area contributed by atoms with Gasteiger partial charge in [0, 0.05) is 44.4 Å². The predicted octanol–water partition coefficient (Wildman–Crippen LogP) is 0.403. The van der Waals surface area contributed by atoms with Crippen molar-refractivity contribution in [3.63, 3.8) is 0 Å². The molecule has 1 aliphatic rings. The molecule has 10 nitrogen and oxygen atoms in total. The Hall–Kier alpha value is -3.56. The molecule has 6 N–H and O–H groups in total. The number of nitrogen functional groups attached to an aromatic ring is 1. The summed E-state index contributed by atoms with van der Waals surface area (Å²) < 4.78 is 0. The lowest BCUT2D eigenvalue weighted by molar-refractivity contribution is -0.107. The molecule has 0 saturated carbocycles. The van der Waals surface area contributed by atoms with Crippen LogP contribution in [0.25, 0.3) is 0 Å². The zero-order valence-electron chi connectivity index (χ0n) is 16.2. The molecule has 2 aromatic rings. The highest BCUT2D eigenvalue weighted by Crippen LogP contribution is 2.25. The van der Waals surface area contributed by atoms with Crippen molar-refractivity contribution in [2.75, 3.05) is 47.9 Å². The van der Waals surface area contributed by atoms with Gasteiger partial charge in [-0.25, -0.2) is 0 Å². The van der Waals surface area contributed by atoms with Crippen molar-refractivity contribution in [2.24, 2.45) is 0 Å². The molecule has 2 heterocycles. The molecule has 0 aliphatic carbocycles. The molecule has 0 fully saturated rings. The van der Waals surface area contributed by atoms with Gasteiger partial charge in [0.1, 0.15) is 12.0 Å². The van der Waals surface area contributed by atoms with Crippen LogP contribution in [-0.4, -0.2) is 54.9 Å². The number of nitrogens with two attached hydrogens (primary N) is 1. The molecule has 1 unspecified atom stereocenters. The standard InChI is InChI=1S/C19H25N7O3/c1-26-14(11-23-16-15(26)18(29)25-19(20)24-16)10-22-13-6-4-12(5-7-13)17(28)21-8-2-3-9-27/h4-7,9,14,22H,2-3,8,10-11H2,1H3,(H,21,28)(H4,20,23,24,25,29). The third-order valence-corrected chi connectivity index (χ3v) is 4.79. The van der Waals surface area contributed by atoms with Crippen LogP contribution < -0.4 is 32.1 Å². The Morgan fingerprint density at radius 2 is 2.14 bits per heavy atom. The highest BCUT2D eigenvalue weighted by atomic mass is 16.1. The number of carbonyl (C=O) groups excluding carboxylic acids is 2. The van der Waals surface area contributed by atoms with Crippen LogP contribution in [0.2, 0.25) is 0 Å². The topological polar surface area (TPSA) is 145 Å². The number of aromatic amines is 1. The number of rotatable bonds is 8. The number of aromatic nitrogens is 2. The summed E-state index contributed by atoms with van der Waals surface area (Å²) in [5, 5.41) is 9.25. The van der Waals surface area contributed by atoms with Gasteiger partial charge in [-0.3, -0.25) is 14.6 Å². The summed E-state index contributed by atoms with van der Waals surface area (Å²) >= 11 is 0. The largest absolute Gasteiger partial charge is 0.383 e. The lowest BCUT2D eigenvalue weighted by Crippen LogP contribution is -2.48. The maximum Gasteiger partial charge on any atom is 0.278 e. The minimum atomic E-state index is -0.282. The van der Waals surface area contributed by atoms with Crippen molar-refractivity contribution in [3.05, 3.63) is 40.2 Å². The number of anilines is 4. The highest BCUT2D eigenvalue weighted by Gasteiger charge is 2.27. The monoisotopic (exact) mass is 399 g/mol. The second-order valence-electron chi connectivity index (χ2n) is 6.82. The SMILES string of the molecule is CN1c2c(nc(N)[nH]c2=O)NCC1CNc1ccc(C(=O)NCCCC=O)cc1. The van der Waals surface area contributed by atoms with E-state index in [2.05, 4.69) is 25.9 Å². The fourth-order valence-corrected chi connectivity index (χ4v) is 3.14. The van der Waals surface area contributed by atoms with Crippen LogP contribution in [-0.2, 0) is 4.79 Å². The number of benzene rings is 1. The summed E-state index contributed by atoms with van der Waals surface area (Å²) in [6, 6.07) is 7.17. The maximum absolute atomic E-state index is 12.2. The Kier molecular flexibility index (Phi) is 6.32. The Balaban J connectivity index is 1.56. The van der Waals surface area contributed by atoms with Crippen molar-refractivity contribution in [3.8, 4) is 0 Å². The van der Waals surface area contributed by atoms with Gasteiger partial charge in [0.05, 0.1) is 6.04 Å². The van der Waals surface area contributed by atoms with Crippen LogP contribution in [0.4, 0.5) is 23.1 Å². The number of amides is 1. The number of hydrogen-bond acceptors (Lipinski definition) is 8. The van der Waals surface area contributed by atoms with Crippen molar-refractivity contribution in [2.45, 2.75) is 18.9 Å². The fourth-order valence-electron chi connectivity index (χ4n) is 3.14. The third-order valence-electron chi connectivity index (χ3n) is 4.79. The van der Waals surface area contributed by atoms with Crippen LogP contribution in [0.3, 0.4) is 0 Å². The number of hydrogen-bond donors (Lipinski definition) is 5.